The van der Waals surface area contributed by atoms with E-state index in [0.717, 1.165) is 21.1 Å². The molecule has 0 saturated carbocycles. The summed E-state index contributed by atoms with van der Waals surface area (Å²) in [5.41, 5.74) is 2.13. The van der Waals surface area contributed by atoms with Crippen molar-refractivity contribution in [1.29, 1.82) is 0 Å². The van der Waals surface area contributed by atoms with Gasteiger partial charge in [-0.15, -0.1) is 11.3 Å². The highest BCUT2D eigenvalue weighted by Gasteiger charge is 2.05. The molecule has 0 radical (unpaired) electrons. The zero-order valence-electron chi connectivity index (χ0n) is 9.16. The van der Waals surface area contributed by atoms with E-state index < -0.39 is 0 Å². The summed E-state index contributed by atoms with van der Waals surface area (Å²) in [6.07, 6.45) is 4.07. The molecule has 3 nitrogen and oxygen atoms in total. The molecule has 0 aliphatic carbocycles. The highest BCUT2D eigenvalue weighted by molar-refractivity contribution is 7.94. The molecule has 0 atom stereocenters. The van der Waals surface area contributed by atoms with Crippen LogP contribution in [0.25, 0.3) is 16.2 Å². The zero-order valence-corrected chi connectivity index (χ0v) is 10.8. The second-order valence-electron chi connectivity index (χ2n) is 3.49. The summed E-state index contributed by atoms with van der Waals surface area (Å²) in [6.45, 7) is 0. The highest BCUT2D eigenvalue weighted by atomic mass is 32.2. The maximum Gasteiger partial charge on any atom is 0.194 e. The first kappa shape index (κ1) is 10.8. The van der Waals surface area contributed by atoms with Gasteiger partial charge in [0.15, 0.2) is 4.96 Å². The summed E-state index contributed by atoms with van der Waals surface area (Å²) < 4.78 is 7.05. The summed E-state index contributed by atoms with van der Waals surface area (Å²) in [5, 5.41) is 2.03. The Bertz CT molecular complexity index is 599. The molecule has 5 heteroatoms. The quantitative estimate of drug-likeness (QED) is 0.673. The Morgan fingerprint density at radius 3 is 2.82 bits per heavy atom. The van der Waals surface area contributed by atoms with E-state index in [1.54, 1.807) is 18.4 Å². The van der Waals surface area contributed by atoms with Crippen LogP contribution in [-0.4, -0.2) is 16.5 Å². The molecule has 2 heterocycles. The molecule has 0 unspecified atom stereocenters. The Labute approximate surface area is 107 Å². The Morgan fingerprint density at radius 1 is 1.29 bits per heavy atom. The molecular weight excluding hydrogens is 252 g/mol. The molecule has 0 saturated heterocycles. The lowest BCUT2D eigenvalue weighted by molar-refractivity contribution is 0.490. The Hall–Kier alpha value is -1.30. The van der Waals surface area contributed by atoms with E-state index >= 15 is 0 Å². The highest BCUT2D eigenvalue weighted by Crippen LogP contribution is 2.25. The third-order valence-corrected chi connectivity index (χ3v) is 3.82. The van der Waals surface area contributed by atoms with Crippen molar-refractivity contribution in [3.63, 3.8) is 0 Å². The van der Waals surface area contributed by atoms with Gasteiger partial charge in [0.25, 0.3) is 0 Å². The fourth-order valence-corrected chi connectivity index (χ4v) is 2.78. The third kappa shape index (κ3) is 2.09. The number of fused-ring (bicyclic) bond motifs is 1. The fraction of sp³-hybridized carbons (Fsp3) is 0.0833. The molecule has 86 valence electrons. The van der Waals surface area contributed by atoms with Crippen LogP contribution in [0.2, 0.25) is 0 Å². The van der Waals surface area contributed by atoms with Gasteiger partial charge >= 0.3 is 0 Å². The Balaban J connectivity index is 1.95. The molecule has 0 spiro atoms. The van der Waals surface area contributed by atoms with Crippen LogP contribution in [0, 0.1) is 0 Å². The normalized spacial score (nSPS) is 11.1. The topological polar surface area (TPSA) is 26.5 Å². The van der Waals surface area contributed by atoms with E-state index in [1.165, 1.54) is 12.0 Å². The monoisotopic (exact) mass is 262 g/mol. The van der Waals surface area contributed by atoms with Crippen molar-refractivity contribution in [3.05, 3.63) is 42.0 Å². The smallest absolute Gasteiger partial charge is 0.194 e. The maximum atomic E-state index is 5.01. The van der Waals surface area contributed by atoms with Crippen LogP contribution >= 0.6 is 23.4 Å². The number of thiazole rings is 1. The summed E-state index contributed by atoms with van der Waals surface area (Å²) in [6, 6.07) is 8.20. The molecule has 3 aromatic rings. The number of rotatable bonds is 3. The third-order valence-electron chi connectivity index (χ3n) is 2.42. The van der Waals surface area contributed by atoms with Crippen LogP contribution in [0.5, 0.6) is 0 Å². The molecule has 17 heavy (non-hydrogen) atoms. The van der Waals surface area contributed by atoms with Gasteiger partial charge in [-0.25, -0.2) is 4.98 Å². The van der Waals surface area contributed by atoms with Gasteiger partial charge in [0, 0.05) is 40.3 Å². The zero-order chi connectivity index (χ0) is 11.7. The van der Waals surface area contributed by atoms with Crippen LogP contribution in [0.4, 0.5) is 0 Å². The van der Waals surface area contributed by atoms with Crippen LogP contribution in [0.15, 0.2) is 46.9 Å². The van der Waals surface area contributed by atoms with Crippen molar-refractivity contribution in [2.24, 2.45) is 0 Å². The first-order chi connectivity index (χ1) is 8.36. The van der Waals surface area contributed by atoms with Gasteiger partial charge in [-0.05, 0) is 12.1 Å². The van der Waals surface area contributed by atoms with Gasteiger partial charge in [0.05, 0.1) is 12.8 Å². The molecule has 0 fully saturated rings. The van der Waals surface area contributed by atoms with Gasteiger partial charge in [0.2, 0.25) is 0 Å². The molecule has 3 rings (SSSR count). The van der Waals surface area contributed by atoms with Crippen molar-refractivity contribution < 1.29 is 4.18 Å². The second-order valence-corrected chi connectivity index (χ2v) is 5.34. The van der Waals surface area contributed by atoms with Crippen LogP contribution in [0.1, 0.15) is 0 Å². The molecular formula is C12H10N2OS2. The SMILES string of the molecule is COSc1ccc(-c2cn3ccsc3n2)cc1. The van der Waals surface area contributed by atoms with E-state index in [0.29, 0.717) is 0 Å². The van der Waals surface area contributed by atoms with Gasteiger partial charge in [0.1, 0.15) is 0 Å². The van der Waals surface area contributed by atoms with Crippen molar-refractivity contribution in [3.8, 4) is 11.3 Å². The van der Waals surface area contributed by atoms with Crippen LogP contribution < -0.4 is 0 Å². The summed E-state index contributed by atoms with van der Waals surface area (Å²) in [4.78, 5) is 6.68. The number of aromatic nitrogens is 2. The predicted octanol–water partition coefficient (Wildman–Crippen LogP) is 3.72. The first-order valence-electron chi connectivity index (χ1n) is 5.10. The number of nitrogens with zero attached hydrogens (tertiary/aromatic N) is 2. The minimum atomic E-state index is 1.01. The van der Waals surface area contributed by atoms with E-state index in [2.05, 4.69) is 17.1 Å². The first-order valence-corrected chi connectivity index (χ1v) is 6.72. The van der Waals surface area contributed by atoms with Gasteiger partial charge < -0.3 is 4.18 Å². The van der Waals surface area contributed by atoms with E-state index in [1.807, 2.05) is 34.3 Å². The van der Waals surface area contributed by atoms with Gasteiger partial charge in [-0.2, -0.15) is 0 Å². The molecule has 2 aromatic heterocycles. The van der Waals surface area contributed by atoms with E-state index in [-0.39, 0.29) is 0 Å². The molecule has 1 aromatic carbocycles. The van der Waals surface area contributed by atoms with E-state index in [4.69, 9.17) is 4.18 Å². The van der Waals surface area contributed by atoms with Crippen molar-refractivity contribution in [2.75, 3.05) is 7.11 Å². The Morgan fingerprint density at radius 2 is 2.12 bits per heavy atom. The molecule has 0 aliphatic rings. The van der Waals surface area contributed by atoms with Gasteiger partial charge in [-0.1, -0.05) is 12.1 Å². The maximum absolute atomic E-state index is 5.01. The minimum Gasteiger partial charge on any atom is -0.314 e. The van der Waals surface area contributed by atoms with Gasteiger partial charge in [-0.3, -0.25) is 4.40 Å². The minimum absolute atomic E-state index is 1.01. The molecule has 0 N–H and O–H groups in total. The average Bonchev–Trinajstić information content (AvgIpc) is 2.90. The summed E-state index contributed by atoms with van der Waals surface area (Å²) >= 11 is 3.00. The fourth-order valence-electron chi connectivity index (χ4n) is 1.64. The number of hydrogen-bond acceptors (Lipinski definition) is 4. The number of imidazole rings is 1. The van der Waals surface area contributed by atoms with E-state index in [9.17, 15) is 0 Å². The van der Waals surface area contributed by atoms with Crippen molar-refractivity contribution in [1.82, 2.24) is 9.38 Å². The molecule has 0 aliphatic heterocycles. The van der Waals surface area contributed by atoms with Crippen molar-refractivity contribution in [2.45, 2.75) is 4.90 Å². The lowest BCUT2D eigenvalue weighted by Crippen LogP contribution is -1.78. The number of hydrogen-bond donors (Lipinski definition) is 0. The second kappa shape index (κ2) is 4.52. The van der Waals surface area contributed by atoms with Crippen molar-refractivity contribution >= 4 is 28.3 Å². The van der Waals surface area contributed by atoms with Crippen LogP contribution in [-0.2, 0) is 4.18 Å². The summed E-state index contributed by atoms with van der Waals surface area (Å²) in [7, 11) is 1.67. The average molecular weight is 262 g/mol. The van der Waals surface area contributed by atoms with Crippen LogP contribution in [0.3, 0.4) is 0 Å². The standard InChI is InChI=1S/C12H10N2OS2/c1-15-17-10-4-2-9(3-5-10)11-8-14-6-7-16-12(14)13-11/h2-8H,1H3. The molecule has 0 amide bonds. The molecule has 0 bridgehead atoms. The Kier molecular flexibility index (Phi) is 2.88. The largest absolute Gasteiger partial charge is 0.314 e. The summed E-state index contributed by atoms with van der Waals surface area (Å²) in [5.74, 6) is 0. The predicted molar refractivity (Wildman–Crippen MR) is 71.4 cm³/mol. The lowest BCUT2D eigenvalue weighted by Gasteiger charge is -1.99. The number of benzene rings is 1. The lowest BCUT2D eigenvalue weighted by atomic mass is 10.2.